The van der Waals surface area contributed by atoms with Crippen molar-refractivity contribution in [3.63, 3.8) is 0 Å². The predicted molar refractivity (Wildman–Crippen MR) is 84.4 cm³/mol. The van der Waals surface area contributed by atoms with E-state index in [2.05, 4.69) is 55.3 Å². The fourth-order valence-electron chi connectivity index (χ4n) is 2.66. The van der Waals surface area contributed by atoms with E-state index < -0.39 is 0 Å². The van der Waals surface area contributed by atoms with Gasteiger partial charge in [-0.3, -0.25) is 9.88 Å². The Bertz CT molecular complexity index is 471. The van der Waals surface area contributed by atoms with Gasteiger partial charge in [-0.1, -0.05) is 38.5 Å². The molecule has 0 saturated carbocycles. The van der Waals surface area contributed by atoms with Crippen LogP contribution in [0.1, 0.15) is 38.6 Å². The van der Waals surface area contributed by atoms with E-state index in [-0.39, 0.29) is 0 Å². The van der Waals surface area contributed by atoms with E-state index in [1.807, 2.05) is 7.05 Å². The van der Waals surface area contributed by atoms with Crippen LogP contribution in [0.3, 0.4) is 0 Å². The van der Waals surface area contributed by atoms with E-state index in [4.69, 9.17) is 4.98 Å². The molecular formula is C17H27N3. The maximum absolute atomic E-state index is 4.70. The van der Waals surface area contributed by atoms with Crippen LogP contribution in [0.15, 0.2) is 29.8 Å². The molecular weight excluding hydrogens is 246 g/mol. The molecule has 0 aromatic carbocycles. The standard InChI is InChI=1S/C17H27N3/c1-17(2,3)14-8-10-20(11-9-14)13-16-7-5-6-15(19-16)12-18-4/h5-8,18H,9-13H2,1-4H3. The predicted octanol–water partition coefficient (Wildman–Crippen LogP) is 2.98. The van der Waals surface area contributed by atoms with Gasteiger partial charge in [0.25, 0.3) is 0 Å². The minimum atomic E-state index is 0.317. The summed E-state index contributed by atoms with van der Waals surface area (Å²) in [5.74, 6) is 0. The quantitative estimate of drug-likeness (QED) is 0.855. The lowest BCUT2D eigenvalue weighted by Gasteiger charge is -2.32. The Hall–Kier alpha value is -1.19. The first-order valence-electron chi connectivity index (χ1n) is 7.50. The Kier molecular flexibility index (Phi) is 4.95. The van der Waals surface area contributed by atoms with Crippen molar-refractivity contribution in [3.05, 3.63) is 41.2 Å². The summed E-state index contributed by atoms with van der Waals surface area (Å²) in [6.07, 6.45) is 3.58. The van der Waals surface area contributed by atoms with Crippen LogP contribution in [0.5, 0.6) is 0 Å². The molecule has 2 heterocycles. The van der Waals surface area contributed by atoms with Gasteiger partial charge in [-0.2, -0.15) is 0 Å². The molecule has 110 valence electrons. The van der Waals surface area contributed by atoms with Crippen molar-refractivity contribution in [2.75, 3.05) is 20.1 Å². The van der Waals surface area contributed by atoms with Gasteiger partial charge in [0.2, 0.25) is 0 Å². The Morgan fingerprint density at radius 1 is 1.25 bits per heavy atom. The van der Waals surface area contributed by atoms with Crippen LogP contribution in [-0.4, -0.2) is 30.0 Å². The molecule has 2 rings (SSSR count). The van der Waals surface area contributed by atoms with Crippen molar-refractivity contribution in [3.8, 4) is 0 Å². The number of aromatic nitrogens is 1. The highest BCUT2D eigenvalue weighted by molar-refractivity contribution is 5.16. The van der Waals surface area contributed by atoms with E-state index in [0.29, 0.717) is 5.41 Å². The maximum atomic E-state index is 4.70. The molecule has 0 amide bonds. The molecule has 0 aliphatic carbocycles. The summed E-state index contributed by atoms with van der Waals surface area (Å²) in [5, 5.41) is 3.15. The number of rotatable bonds is 4. The molecule has 0 atom stereocenters. The molecule has 1 aromatic rings. The van der Waals surface area contributed by atoms with Gasteiger partial charge in [0.15, 0.2) is 0 Å². The van der Waals surface area contributed by atoms with Crippen molar-refractivity contribution >= 4 is 0 Å². The molecule has 1 N–H and O–H groups in total. The van der Waals surface area contributed by atoms with Gasteiger partial charge in [0.05, 0.1) is 11.4 Å². The second-order valence-electron chi connectivity index (χ2n) is 6.62. The largest absolute Gasteiger partial charge is 0.314 e. The first-order valence-corrected chi connectivity index (χ1v) is 7.50. The molecule has 3 nitrogen and oxygen atoms in total. The van der Waals surface area contributed by atoms with Crippen LogP contribution in [0.25, 0.3) is 0 Å². The third kappa shape index (κ3) is 4.15. The highest BCUT2D eigenvalue weighted by atomic mass is 15.1. The van der Waals surface area contributed by atoms with Gasteiger partial charge >= 0.3 is 0 Å². The second-order valence-corrected chi connectivity index (χ2v) is 6.62. The van der Waals surface area contributed by atoms with Crippen LogP contribution in [0.2, 0.25) is 0 Å². The molecule has 0 spiro atoms. The van der Waals surface area contributed by atoms with Gasteiger partial charge in [0, 0.05) is 26.2 Å². The lowest BCUT2D eigenvalue weighted by Crippen LogP contribution is -2.31. The summed E-state index contributed by atoms with van der Waals surface area (Å²) < 4.78 is 0. The van der Waals surface area contributed by atoms with E-state index in [1.165, 1.54) is 12.1 Å². The van der Waals surface area contributed by atoms with E-state index in [1.54, 1.807) is 5.57 Å². The molecule has 0 bridgehead atoms. The highest BCUT2D eigenvalue weighted by Gasteiger charge is 2.21. The maximum Gasteiger partial charge on any atom is 0.0547 e. The van der Waals surface area contributed by atoms with Crippen LogP contribution in [0, 0.1) is 5.41 Å². The minimum absolute atomic E-state index is 0.317. The molecule has 0 unspecified atom stereocenters. The summed E-state index contributed by atoms with van der Waals surface area (Å²) in [6, 6.07) is 6.31. The zero-order valence-corrected chi connectivity index (χ0v) is 13.2. The van der Waals surface area contributed by atoms with Crippen molar-refractivity contribution in [1.29, 1.82) is 0 Å². The van der Waals surface area contributed by atoms with Crippen LogP contribution in [0.4, 0.5) is 0 Å². The topological polar surface area (TPSA) is 28.2 Å². The Balaban J connectivity index is 1.95. The molecule has 0 saturated heterocycles. The molecule has 3 heteroatoms. The number of nitrogens with one attached hydrogen (secondary N) is 1. The van der Waals surface area contributed by atoms with Gasteiger partial charge in [0.1, 0.15) is 0 Å². The van der Waals surface area contributed by atoms with Crippen molar-refractivity contribution in [1.82, 2.24) is 15.2 Å². The van der Waals surface area contributed by atoms with Crippen LogP contribution < -0.4 is 5.32 Å². The minimum Gasteiger partial charge on any atom is -0.314 e. The normalized spacial score (nSPS) is 17.1. The zero-order chi connectivity index (χ0) is 14.6. The number of hydrogen-bond acceptors (Lipinski definition) is 3. The average Bonchev–Trinajstić information content (AvgIpc) is 2.39. The fourth-order valence-corrected chi connectivity index (χ4v) is 2.66. The summed E-state index contributed by atoms with van der Waals surface area (Å²) in [7, 11) is 1.96. The van der Waals surface area contributed by atoms with Crippen molar-refractivity contribution < 1.29 is 0 Å². The third-order valence-electron chi connectivity index (χ3n) is 3.86. The lowest BCUT2D eigenvalue weighted by atomic mass is 9.83. The molecule has 20 heavy (non-hydrogen) atoms. The fraction of sp³-hybridized carbons (Fsp3) is 0.588. The van der Waals surface area contributed by atoms with E-state index in [9.17, 15) is 0 Å². The summed E-state index contributed by atoms with van der Waals surface area (Å²) >= 11 is 0. The van der Waals surface area contributed by atoms with Gasteiger partial charge < -0.3 is 5.32 Å². The first kappa shape index (κ1) is 15.2. The van der Waals surface area contributed by atoms with Gasteiger partial charge in [-0.25, -0.2) is 0 Å². The summed E-state index contributed by atoms with van der Waals surface area (Å²) in [6.45, 7) is 10.9. The van der Waals surface area contributed by atoms with Crippen molar-refractivity contribution in [2.24, 2.45) is 5.41 Å². The Morgan fingerprint density at radius 3 is 2.60 bits per heavy atom. The highest BCUT2D eigenvalue weighted by Crippen LogP contribution is 2.30. The molecule has 1 aromatic heterocycles. The SMILES string of the molecule is CNCc1cccc(CN2CC=C(C(C)(C)C)CC2)n1. The zero-order valence-electron chi connectivity index (χ0n) is 13.2. The Morgan fingerprint density at radius 2 is 2.00 bits per heavy atom. The molecule has 0 radical (unpaired) electrons. The monoisotopic (exact) mass is 273 g/mol. The molecule has 1 aliphatic heterocycles. The molecule has 1 aliphatic rings. The molecule has 0 fully saturated rings. The number of pyridine rings is 1. The number of nitrogens with zero attached hydrogens (tertiary/aromatic N) is 2. The second kappa shape index (κ2) is 6.51. The van der Waals surface area contributed by atoms with Gasteiger partial charge in [-0.05, 0) is 31.0 Å². The van der Waals surface area contributed by atoms with E-state index >= 15 is 0 Å². The summed E-state index contributed by atoms with van der Waals surface area (Å²) in [4.78, 5) is 7.17. The average molecular weight is 273 g/mol. The van der Waals surface area contributed by atoms with E-state index in [0.717, 1.165) is 31.9 Å². The third-order valence-corrected chi connectivity index (χ3v) is 3.86. The van der Waals surface area contributed by atoms with Gasteiger partial charge in [-0.15, -0.1) is 0 Å². The first-order chi connectivity index (χ1) is 9.49. The van der Waals surface area contributed by atoms with Crippen LogP contribution >= 0.6 is 0 Å². The summed E-state index contributed by atoms with van der Waals surface area (Å²) in [5.41, 5.74) is 4.20. The number of hydrogen-bond donors (Lipinski definition) is 1. The van der Waals surface area contributed by atoms with Crippen LogP contribution in [-0.2, 0) is 13.1 Å². The lowest BCUT2D eigenvalue weighted by molar-refractivity contribution is 0.268. The van der Waals surface area contributed by atoms with Crippen molar-refractivity contribution in [2.45, 2.75) is 40.3 Å². The Labute approximate surface area is 123 Å². The smallest absolute Gasteiger partial charge is 0.0547 e.